The maximum atomic E-state index is 11.3. The smallest absolute Gasteiger partial charge is 0.312 e. The van der Waals surface area contributed by atoms with Crippen molar-refractivity contribution in [2.24, 2.45) is 0 Å². The molecule has 108 valence electrons. The van der Waals surface area contributed by atoms with Gasteiger partial charge in [-0.2, -0.15) is 0 Å². The van der Waals surface area contributed by atoms with Crippen molar-refractivity contribution in [2.75, 3.05) is 6.61 Å². The molecule has 1 aromatic carbocycles. The Morgan fingerprint density at radius 2 is 2.24 bits per heavy atom. The lowest BCUT2D eigenvalue weighted by atomic mass is 9.97. The first kappa shape index (κ1) is 12.8. The van der Waals surface area contributed by atoms with E-state index in [1.807, 2.05) is 18.2 Å². The highest BCUT2D eigenvalue weighted by Gasteiger charge is 2.34. The predicted octanol–water partition coefficient (Wildman–Crippen LogP) is 2.98. The lowest BCUT2D eigenvalue weighted by Crippen LogP contribution is -2.19. The van der Waals surface area contributed by atoms with E-state index < -0.39 is 11.9 Å². The molecule has 2 aromatic rings. The van der Waals surface area contributed by atoms with E-state index in [4.69, 9.17) is 4.74 Å². The number of carboxylic acid groups (broad SMARTS) is 1. The van der Waals surface area contributed by atoms with Gasteiger partial charge in [-0.1, -0.05) is 18.2 Å². The summed E-state index contributed by atoms with van der Waals surface area (Å²) in [6.45, 7) is 0.626. The number of hydrogen-bond donors (Lipinski definition) is 1. The Bertz CT molecular complexity index is 709. The molecule has 0 radical (unpaired) electrons. The zero-order chi connectivity index (χ0) is 14.4. The second kappa shape index (κ2) is 4.84. The molecular formula is C16H15NO3S. The predicted molar refractivity (Wildman–Crippen MR) is 79.2 cm³/mol. The van der Waals surface area contributed by atoms with Gasteiger partial charge in [0.05, 0.1) is 17.3 Å². The number of para-hydroxylation sites is 1. The molecule has 2 aliphatic rings. The summed E-state index contributed by atoms with van der Waals surface area (Å²) < 4.78 is 5.82. The molecule has 2 atom stereocenters. The molecule has 2 heterocycles. The highest BCUT2D eigenvalue weighted by atomic mass is 32.1. The fourth-order valence-electron chi connectivity index (χ4n) is 3.15. The molecule has 5 heteroatoms. The zero-order valence-electron chi connectivity index (χ0n) is 11.4. The molecule has 0 fully saturated rings. The van der Waals surface area contributed by atoms with E-state index >= 15 is 0 Å². The van der Waals surface area contributed by atoms with Crippen molar-refractivity contribution in [3.05, 3.63) is 45.4 Å². The molecule has 0 amide bonds. The monoisotopic (exact) mass is 301 g/mol. The van der Waals surface area contributed by atoms with Gasteiger partial charge in [0.1, 0.15) is 11.7 Å². The Labute approximate surface area is 126 Å². The quantitative estimate of drug-likeness (QED) is 0.926. The Morgan fingerprint density at radius 3 is 3.10 bits per heavy atom. The molecule has 1 N–H and O–H groups in total. The summed E-state index contributed by atoms with van der Waals surface area (Å²) in [6.07, 6.45) is 2.45. The fourth-order valence-corrected chi connectivity index (χ4v) is 4.37. The number of thiazole rings is 1. The summed E-state index contributed by atoms with van der Waals surface area (Å²) in [6, 6.07) is 8.08. The minimum atomic E-state index is -0.754. The van der Waals surface area contributed by atoms with Crippen LogP contribution in [0.4, 0.5) is 0 Å². The van der Waals surface area contributed by atoms with Crippen LogP contribution in [-0.4, -0.2) is 22.7 Å². The highest BCUT2D eigenvalue weighted by molar-refractivity contribution is 7.11. The number of carboxylic acids is 1. The molecule has 4 rings (SSSR count). The average Bonchev–Trinajstić information content (AvgIpc) is 3.06. The van der Waals surface area contributed by atoms with Gasteiger partial charge in [0.2, 0.25) is 0 Å². The topological polar surface area (TPSA) is 59.4 Å². The molecule has 0 bridgehead atoms. The van der Waals surface area contributed by atoms with Crippen LogP contribution in [0.3, 0.4) is 0 Å². The number of carbonyl (C=O) groups is 1. The van der Waals surface area contributed by atoms with Crippen molar-refractivity contribution in [3.63, 3.8) is 0 Å². The largest absolute Gasteiger partial charge is 0.493 e. The van der Waals surface area contributed by atoms with Gasteiger partial charge in [-0.3, -0.25) is 4.79 Å². The van der Waals surface area contributed by atoms with Gasteiger partial charge in [0.25, 0.3) is 0 Å². The third-order valence-electron chi connectivity index (χ3n) is 4.26. The summed E-state index contributed by atoms with van der Waals surface area (Å²) in [5.41, 5.74) is 2.00. The van der Waals surface area contributed by atoms with Crippen LogP contribution in [0.25, 0.3) is 0 Å². The minimum absolute atomic E-state index is 0.241. The van der Waals surface area contributed by atoms with Crippen LogP contribution in [0.2, 0.25) is 0 Å². The maximum absolute atomic E-state index is 11.3. The van der Waals surface area contributed by atoms with Crippen molar-refractivity contribution in [1.82, 2.24) is 4.98 Å². The van der Waals surface area contributed by atoms with Gasteiger partial charge in [-0.15, -0.1) is 11.3 Å². The maximum Gasteiger partial charge on any atom is 0.312 e. The number of fused-ring (bicyclic) bond motifs is 2. The molecule has 0 saturated heterocycles. The normalized spacial score (nSPS) is 23.2. The summed E-state index contributed by atoms with van der Waals surface area (Å²) in [7, 11) is 0. The number of hydrogen-bond acceptors (Lipinski definition) is 4. The Hall–Kier alpha value is -1.88. The van der Waals surface area contributed by atoms with Crippen molar-refractivity contribution in [1.29, 1.82) is 0 Å². The minimum Gasteiger partial charge on any atom is -0.493 e. The average molecular weight is 301 g/mol. The van der Waals surface area contributed by atoms with Crippen molar-refractivity contribution < 1.29 is 14.6 Å². The molecule has 1 aliphatic carbocycles. The number of aliphatic carboxylic acids is 1. The van der Waals surface area contributed by atoms with Gasteiger partial charge in [-0.05, 0) is 30.9 Å². The van der Waals surface area contributed by atoms with Crippen LogP contribution < -0.4 is 4.74 Å². The van der Waals surface area contributed by atoms with Gasteiger partial charge in [-0.25, -0.2) is 4.98 Å². The molecule has 21 heavy (non-hydrogen) atoms. The van der Waals surface area contributed by atoms with Gasteiger partial charge in [0.15, 0.2) is 0 Å². The number of benzene rings is 1. The van der Waals surface area contributed by atoms with Crippen LogP contribution in [0.5, 0.6) is 5.75 Å². The number of rotatable bonds is 2. The number of ether oxygens (including phenoxy) is 1. The molecule has 4 nitrogen and oxygen atoms in total. The van der Waals surface area contributed by atoms with E-state index in [0.717, 1.165) is 34.2 Å². The van der Waals surface area contributed by atoms with E-state index in [1.54, 1.807) is 11.3 Å². The zero-order valence-corrected chi connectivity index (χ0v) is 12.2. The van der Waals surface area contributed by atoms with E-state index in [1.165, 1.54) is 5.56 Å². The van der Waals surface area contributed by atoms with Gasteiger partial charge < -0.3 is 9.84 Å². The Kier molecular flexibility index (Phi) is 2.96. The lowest BCUT2D eigenvalue weighted by molar-refractivity contribution is -0.138. The van der Waals surface area contributed by atoms with Crippen LogP contribution in [-0.2, 0) is 17.6 Å². The van der Waals surface area contributed by atoms with Crippen LogP contribution in [0, 0.1) is 0 Å². The first-order valence-corrected chi connectivity index (χ1v) is 7.97. The van der Waals surface area contributed by atoms with Gasteiger partial charge in [0, 0.05) is 10.8 Å². The van der Waals surface area contributed by atoms with Crippen LogP contribution in [0.15, 0.2) is 24.3 Å². The third kappa shape index (κ3) is 2.12. The number of aryl methyl sites for hydroxylation is 1. The van der Waals surface area contributed by atoms with E-state index in [0.29, 0.717) is 13.0 Å². The highest BCUT2D eigenvalue weighted by Crippen LogP contribution is 2.41. The Morgan fingerprint density at radius 1 is 1.38 bits per heavy atom. The summed E-state index contributed by atoms with van der Waals surface area (Å²) in [4.78, 5) is 17.1. The van der Waals surface area contributed by atoms with Crippen LogP contribution in [0.1, 0.15) is 39.4 Å². The summed E-state index contributed by atoms with van der Waals surface area (Å²) in [5, 5.41) is 10.3. The van der Waals surface area contributed by atoms with E-state index in [-0.39, 0.29) is 5.92 Å². The molecule has 1 aliphatic heterocycles. The molecule has 0 spiro atoms. The first-order chi connectivity index (χ1) is 10.2. The van der Waals surface area contributed by atoms with Crippen molar-refractivity contribution in [3.8, 4) is 5.75 Å². The lowest BCUT2D eigenvalue weighted by Gasteiger charge is -2.23. The van der Waals surface area contributed by atoms with Crippen LogP contribution >= 0.6 is 11.3 Å². The number of nitrogens with zero attached hydrogens (tertiary/aromatic N) is 1. The Balaban J connectivity index is 1.62. The molecule has 2 unspecified atom stereocenters. The first-order valence-electron chi connectivity index (χ1n) is 7.15. The second-order valence-electron chi connectivity index (χ2n) is 5.61. The molecular weight excluding hydrogens is 286 g/mol. The number of aromatic nitrogens is 1. The molecule has 0 saturated carbocycles. The summed E-state index contributed by atoms with van der Waals surface area (Å²) >= 11 is 1.67. The van der Waals surface area contributed by atoms with Gasteiger partial charge >= 0.3 is 5.97 Å². The molecule has 1 aromatic heterocycles. The van der Waals surface area contributed by atoms with E-state index in [2.05, 4.69) is 11.1 Å². The standard InChI is InChI=1S/C16H15NO3S/c18-16(19)11-5-6-13-14(11)17-15(21-13)10-7-9-3-1-2-4-12(9)20-8-10/h1-4,10-11H,5-8H2,(H,18,19). The SMILES string of the molecule is O=C(O)C1CCc2sc(C3COc4ccccc4C3)nc21. The summed E-state index contributed by atoms with van der Waals surface area (Å²) in [5.74, 6) is 0.0313. The second-order valence-corrected chi connectivity index (χ2v) is 6.72. The fraction of sp³-hybridized carbons (Fsp3) is 0.375. The van der Waals surface area contributed by atoms with E-state index in [9.17, 15) is 9.90 Å². The third-order valence-corrected chi connectivity index (χ3v) is 5.55. The van der Waals surface area contributed by atoms with Crippen molar-refractivity contribution in [2.45, 2.75) is 31.1 Å². The van der Waals surface area contributed by atoms with Crippen molar-refractivity contribution >= 4 is 17.3 Å².